The fraction of sp³-hybridized carbons (Fsp3) is 0.625. The molecule has 0 aromatic heterocycles. The number of nitrogens with zero attached hydrogens (tertiary/aromatic N) is 1. The van der Waals surface area contributed by atoms with Crippen molar-refractivity contribution >= 4 is 39.8 Å². The number of nitrogens with two attached hydrogens (primary N) is 1. The van der Waals surface area contributed by atoms with Gasteiger partial charge in [0.15, 0.2) is 5.96 Å². The molecule has 0 unspecified atom stereocenters. The molecule has 0 spiro atoms. The molecule has 0 fully saturated rings. The Hall–Kier alpha value is -0.310. The van der Waals surface area contributed by atoms with Gasteiger partial charge in [-0.2, -0.15) is 0 Å². The highest BCUT2D eigenvalue weighted by Gasteiger charge is 2.00. The summed E-state index contributed by atoms with van der Waals surface area (Å²) in [5.74, 6) is 0.299. The van der Waals surface area contributed by atoms with Crippen molar-refractivity contribution in [3.63, 3.8) is 0 Å². The van der Waals surface area contributed by atoms with Gasteiger partial charge in [-0.05, 0) is 6.92 Å². The second kappa shape index (κ2) is 7.91. The predicted octanol–water partition coefficient (Wildman–Crippen LogP) is 0.129. The van der Waals surface area contributed by atoms with E-state index in [9.17, 15) is 8.42 Å². The van der Waals surface area contributed by atoms with Crippen molar-refractivity contribution in [2.45, 2.75) is 6.92 Å². The lowest BCUT2D eigenvalue weighted by Gasteiger charge is -2.04. The van der Waals surface area contributed by atoms with Crippen molar-refractivity contribution in [1.29, 1.82) is 0 Å². The number of hydrogen-bond donors (Lipinski definition) is 2. The zero-order valence-corrected chi connectivity index (χ0v) is 12.1. The van der Waals surface area contributed by atoms with Crippen LogP contribution in [0.5, 0.6) is 0 Å². The summed E-state index contributed by atoms with van der Waals surface area (Å²) in [4.78, 5) is 3.93. The monoisotopic (exact) mass is 347 g/mol. The minimum Gasteiger partial charge on any atom is -0.370 e. The topological polar surface area (TPSA) is 84.5 Å². The molecular weight excluding hydrogens is 329 g/mol. The molecular formula is C8H18IN3O2S. The number of aliphatic imine (C=N–C) groups is 1. The Kier molecular flexibility index (Phi) is 9.02. The average Bonchev–Trinajstić information content (AvgIpc) is 1.98. The maximum atomic E-state index is 10.7. The Balaban J connectivity index is 0. The van der Waals surface area contributed by atoms with E-state index >= 15 is 0 Å². The minimum absolute atomic E-state index is 0. The van der Waals surface area contributed by atoms with Gasteiger partial charge in [0.1, 0.15) is 9.84 Å². The third-order valence-electron chi connectivity index (χ3n) is 1.30. The second-order valence-electron chi connectivity index (χ2n) is 3.22. The zero-order chi connectivity index (χ0) is 11.2. The molecule has 15 heavy (non-hydrogen) atoms. The lowest BCUT2D eigenvalue weighted by atomic mass is 10.4. The molecule has 0 amide bonds. The standard InChI is InChI=1S/C8H17N3O2S.HI/c1-7(2)6-11-8(9)10-4-5-14(3,12)13;/h1,4-6H2,2-3H3,(H3,9,10,11);1H. The summed E-state index contributed by atoms with van der Waals surface area (Å²) in [5, 5.41) is 2.70. The van der Waals surface area contributed by atoms with Gasteiger partial charge in [0.25, 0.3) is 0 Å². The van der Waals surface area contributed by atoms with Gasteiger partial charge >= 0.3 is 0 Å². The summed E-state index contributed by atoms with van der Waals surface area (Å²) in [6, 6.07) is 0. The average molecular weight is 347 g/mol. The van der Waals surface area contributed by atoms with Crippen molar-refractivity contribution < 1.29 is 8.42 Å². The number of rotatable bonds is 5. The van der Waals surface area contributed by atoms with Gasteiger partial charge < -0.3 is 11.1 Å². The van der Waals surface area contributed by atoms with Gasteiger partial charge in [-0.25, -0.2) is 13.4 Å². The molecule has 0 aromatic carbocycles. The molecule has 0 aliphatic carbocycles. The summed E-state index contributed by atoms with van der Waals surface area (Å²) in [5.41, 5.74) is 6.36. The number of hydrogen-bond acceptors (Lipinski definition) is 3. The van der Waals surface area contributed by atoms with E-state index in [1.807, 2.05) is 6.92 Å². The smallest absolute Gasteiger partial charge is 0.188 e. The highest BCUT2D eigenvalue weighted by atomic mass is 127. The molecule has 0 rings (SSSR count). The van der Waals surface area contributed by atoms with Crippen LogP contribution in [-0.2, 0) is 9.84 Å². The van der Waals surface area contributed by atoms with Crippen molar-refractivity contribution in [2.24, 2.45) is 10.7 Å². The molecule has 0 aliphatic heterocycles. The van der Waals surface area contributed by atoms with Crippen LogP contribution in [0.1, 0.15) is 6.92 Å². The first-order valence-corrected chi connectivity index (χ1v) is 6.23. The highest BCUT2D eigenvalue weighted by molar-refractivity contribution is 14.0. The fourth-order valence-corrected chi connectivity index (χ4v) is 1.11. The van der Waals surface area contributed by atoms with Gasteiger partial charge in [0.05, 0.1) is 12.3 Å². The van der Waals surface area contributed by atoms with Gasteiger partial charge in [-0.3, -0.25) is 0 Å². The molecule has 0 bridgehead atoms. The van der Waals surface area contributed by atoms with Gasteiger partial charge in [-0.15, -0.1) is 24.0 Å². The fourth-order valence-electron chi connectivity index (χ4n) is 0.641. The Morgan fingerprint density at radius 2 is 2.07 bits per heavy atom. The zero-order valence-electron chi connectivity index (χ0n) is 8.99. The normalized spacial score (nSPS) is 11.7. The molecule has 0 saturated carbocycles. The number of guanidine groups is 1. The van der Waals surface area contributed by atoms with Crippen LogP contribution >= 0.6 is 24.0 Å². The molecule has 5 nitrogen and oxygen atoms in total. The molecule has 3 N–H and O–H groups in total. The van der Waals surface area contributed by atoms with Gasteiger partial charge in [-0.1, -0.05) is 12.2 Å². The lowest BCUT2D eigenvalue weighted by Crippen LogP contribution is -2.35. The Morgan fingerprint density at radius 1 is 1.53 bits per heavy atom. The van der Waals surface area contributed by atoms with Crippen LogP contribution in [0.2, 0.25) is 0 Å². The molecule has 0 radical (unpaired) electrons. The van der Waals surface area contributed by atoms with Crippen LogP contribution in [0.3, 0.4) is 0 Å². The largest absolute Gasteiger partial charge is 0.370 e. The van der Waals surface area contributed by atoms with Crippen LogP contribution in [-0.4, -0.2) is 39.5 Å². The summed E-state index contributed by atoms with van der Waals surface area (Å²) in [6.07, 6.45) is 1.18. The van der Waals surface area contributed by atoms with E-state index in [-0.39, 0.29) is 42.2 Å². The van der Waals surface area contributed by atoms with E-state index in [0.29, 0.717) is 6.54 Å². The van der Waals surface area contributed by atoms with Crippen molar-refractivity contribution in [1.82, 2.24) is 5.32 Å². The van der Waals surface area contributed by atoms with E-state index in [1.54, 1.807) is 0 Å². The summed E-state index contributed by atoms with van der Waals surface area (Å²) in [7, 11) is -2.94. The lowest BCUT2D eigenvalue weighted by molar-refractivity contribution is 0.600. The summed E-state index contributed by atoms with van der Waals surface area (Å²) >= 11 is 0. The van der Waals surface area contributed by atoms with E-state index < -0.39 is 9.84 Å². The van der Waals surface area contributed by atoms with Gasteiger partial charge in [0.2, 0.25) is 0 Å². The second-order valence-corrected chi connectivity index (χ2v) is 5.47. The minimum atomic E-state index is -2.94. The van der Waals surface area contributed by atoms with E-state index in [2.05, 4.69) is 16.9 Å². The number of sulfone groups is 1. The molecule has 0 atom stereocenters. The molecule has 0 heterocycles. The van der Waals surface area contributed by atoms with Crippen LogP contribution in [0.25, 0.3) is 0 Å². The predicted molar refractivity (Wildman–Crippen MR) is 74.4 cm³/mol. The first-order valence-electron chi connectivity index (χ1n) is 4.17. The number of nitrogens with one attached hydrogen (secondary N) is 1. The summed E-state index contributed by atoms with van der Waals surface area (Å²) in [6.45, 7) is 6.24. The highest BCUT2D eigenvalue weighted by Crippen LogP contribution is 1.85. The third kappa shape index (κ3) is 13.7. The Morgan fingerprint density at radius 3 is 2.47 bits per heavy atom. The van der Waals surface area contributed by atoms with Crippen molar-refractivity contribution in [3.8, 4) is 0 Å². The Labute approximate surface area is 108 Å². The molecule has 7 heteroatoms. The molecule has 0 aromatic rings. The van der Waals surface area contributed by atoms with Crippen molar-refractivity contribution in [2.75, 3.05) is 25.1 Å². The van der Waals surface area contributed by atoms with Crippen LogP contribution in [0.4, 0.5) is 0 Å². The number of halogens is 1. The molecule has 0 saturated heterocycles. The van der Waals surface area contributed by atoms with Crippen LogP contribution < -0.4 is 11.1 Å². The maximum absolute atomic E-state index is 10.7. The molecule has 0 aliphatic rings. The van der Waals surface area contributed by atoms with E-state index in [0.717, 1.165) is 5.57 Å². The van der Waals surface area contributed by atoms with E-state index in [1.165, 1.54) is 6.26 Å². The SMILES string of the molecule is C=C(C)CN=C(N)NCCS(C)(=O)=O.I. The quantitative estimate of drug-likeness (QED) is 0.320. The molecule has 90 valence electrons. The van der Waals surface area contributed by atoms with E-state index in [4.69, 9.17) is 5.73 Å². The first-order chi connectivity index (χ1) is 6.31. The van der Waals surface area contributed by atoms with Crippen LogP contribution in [0.15, 0.2) is 17.1 Å². The first kappa shape index (κ1) is 17.1. The third-order valence-corrected chi connectivity index (χ3v) is 2.24. The van der Waals surface area contributed by atoms with Gasteiger partial charge in [0, 0.05) is 12.8 Å². The Bertz CT molecular complexity index is 325. The maximum Gasteiger partial charge on any atom is 0.188 e. The summed E-state index contributed by atoms with van der Waals surface area (Å²) < 4.78 is 21.5. The van der Waals surface area contributed by atoms with Crippen LogP contribution in [0, 0.1) is 0 Å². The van der Waals surface area contributed by atoms with Crippen molar-refractivity contribution in [3.05, 3.63) is 12.2 Å².